The SMILES string of the molecule is CCC1(c2ccc(O)cc2)C[C@H]1C(=O)O. The Hall–Kier alpha value is -1.51. The number of phenols is 1. The van der Waals surface area contributed by atoms with Crippen molar-refractivity contribution in [1.29, 1.82) is 0 Å². The maximum absolute atomic E-state index is 10.9. The van der Waals surface area contributed by atoms with Gasteiger partial charge in [-0.25, -0.2) is 0 Å². The molecular formula is C12H14O3. The zero-order valence-electron chi connectivity index (χ0n) is 8.60. The number of benzene rings is 1. The summed E-state index contributed by atoms with van der Waals surface area (Å²) in [6.45, 7) is 2.01. The van der Waals surface area contributed by atoms with Crippen LogP contribution in [0.2, 0.25) is 0 Å². The molecule has 0 radical (unpaired) electrons. The number of carboxylic acids is 1. The number of rotatable bonds is 3. The molecule has 1 aliphatic carbocycles. The van der Waals surface area contributed by atoms with Crippen molar-refractivity contribution in [1.82, 2.24) is 0 Å². The Morgan fingerprint density at radius 3 is 2.47 bits per heavy atom. The summed E-state index contributed by atoms with van der Waals surface area (Å²) in [4.78, 5) is 10.9. The molecule has 0 aliphatic heterocycles. The summed E-state index contributed by atoms with van der Waals surface area (Å²) in [7, 11) is 0. The molecule has 1 saturated carbocycles. The molecule has 2 rings (SSSR count). The van der Waals surface area contributed by atoms with E-state index in [9.17, 15) is 9.90 Å². The number of aromatic hydroxyl groups is 1. The molecule has 1 aliphatic rings. The van der Waals surface area contributed by atoms with E-state index in [0.717, 1.165) is 12.0 Å². The summed E-state index contributed by atoms with van der Waals surface area (Å²) in [6.07, 6.45) is 1.54. The Kier molecular flexibility index (Phi) is 2.18. The van der Waals surface area contributed by atoms with E-state index >= 15 is 0 Å². The number of carbonyl (C=O) groups is 1. The number of phenolic OH excluding ortho intramolecular Hbond substituents is 1. The molecule has 0 spiro atoms. The minimum Gasteiger partial charge on any atom is -0.508 e. The van der Waals surface area contributed by atoms with Crippen LogP contribution < -0.4 is 0 Å². The lowest BCUT2D eigenvalue weighted by Gasteiger charge is -2.14. The van der Waals surface area contributed by atoms with E-state index in [2.05, 4.69) is 0 Å². The van der Waals surface area contributed by atoms with Crippen LogP contribution in [0.4, 0.5) is 0 Å². The normalized spacial score (nSPS) is 28.7. The summed E-state index contributed by atoms with van der Waals surface area (Å²) in [5.41, 5.74) is 0.828. The lowest BCUT2D eigenvalue weighted by molar-refractivity contribution is -0.139. The molecule has 1 aromatic rings. The summed E-state index contributed by atoms with van der Waals surface area (Å²) in [5, 5.41) is 18.2. The molecule has 2 N–H and O–H groups in total. The van der Waals surface area contributed by atoms with Crippen LogP contribution in [0.3, 0.4) is 0 Å². The molecule has 1 fully saturated rings. The molecule has 80 valence electrons. The van der Waals surface area contributed by atoms with Crippen molar-refractivity contribution in [3.63, 3.8) is 0 Å². The molecule has 2 atom stereocenters. The van der Waals surface area contributed by atoms with Crippen LogP contribution in [-0.4, -0.2) is 16.2 Å². The number of carboxylic acid groups (broad SMARTS) is 1. The minimum absolute atomic E-state index is 0.195. The molecule has 0 heterocycles. The third-order valence-electron chi connectivity index (χ3n) is 3.45. The Labute approximate surface area is 88.4 Å². The van der Waals surface area contributed by atoms with Crippen LogP contribution in [0.1, 0.15) is 25.3 Å². The fraction of sp³-hybridized carbons (Fsp3) is 0.417. The van der Waals surface area contributed by atoms with Gasteiger partial charge >= 0.3 is 5.97 Å². The first-order valence-electron chi connectivity index (χ1n) is 5.12. The molecule has 1 unspecified atom stereocenters. The predicted molar refractivity (Wildman–Crippen MR) is 55.8 cm³/mol. The summed E-state index contributed by atoms with van der Waals surface area (Å²) in [5.74, 6) is -0.755. The predicted octanol–water partition coefficient (Wildman–Crippen LogP) is 2.14. The lowest BCUT2D eigenvalue weighted by Crippen LogP contribution is -2.13. The van der Waals surface area contributed by atoms with E-state index in [0.29, 0.717) is 6.42 Å². The Bertz CT molecular complexity index is 382. The van der Waals surface area contributed by atoms with Gasteiger partial charge in [0.25, 0.3) is 0 Å². The van der Waals surface area contributed by atoms with Gasteiger partial charge < -0.3 is 10.2 Å². The average Bonchev–Trinajstić information content (AvgIpc) is 2.95. The summed E-state index contributed by atoms with van der Waals surface area (Å²) >= 11 is 0. The molecule has 0 amide bonds. The first-order valence-corrected chi connectivity index (χ1v) is 5.12. The van der Waals surface area contributed by atoms with Crippen LogP contribution in [0.5, 0.6) is 5.75 Å². The second-order valence-corrected chi connectivity index (χ2v) is 4.15. The zero-order valence-corrected chi connectivity index (χ0v) is 8.60. The fourth-order valence-electron chi connectivity index (χ4n) is 2.34. The monoisotopic (exact) mass is 206 g/mol. The van der Waals surface area contributed by atoms with Crippen molar-refractivity contribution in [2.45, 2.75) is 25.2 Å². The average molecular weight is 206 g/mol. The standard InChI is InChI=1S/C12H14O3/c1-2-12(7-10(12)11(14)15)8-3-5-9(13)6-4-8/h3-6,10,13H,2,7H2,1H3,(H,14,15)/t10-,12?/m0/s1. The second kappa shape index (κ2) is 3.26. The number of hydrogen-bond donors (Lipinski definition) is 2. The first kappa shape index (κ1) is 10.0. The lowest BCUT2D eigenvalue weighted by atomic mass is 9.90. The molecule has 15 heavy (non-hydrogen) atoms. The highest BCUT2D eigenvalue weighted by molar-refractivity contribution is 5.77. The largest absolute Gasteiger partial charge is 0.508 e. The minimum atomic E-state index is -0.718. The Morgan fingerprint density at radius 1 is 1.47 bits per heavy atom. The van der Waals surface area contributed by atoms with Crippen LogP contribution in [-0.2, 0) is 10.2 Å². The molecule has 0 saturated heterocycles. The van der Waals surface area contributed by atoms with Gasteiger partial charge in [0.1, 0.15) is 5.75 Å². The van der Waals surface area contributed by atoms with E-state index in [1.54, 1.807) is 12.1 Å². The van der Waals surface area contributed by atoms with E-state index < -0.39 is 5.97 Å². The Morgan fingerprint density at radius 2 is 2.07 bits per heavy atom. The first-order chi connectivity index (χ1) is 7.10. The molecule has 1 aromatic carbocycles. The maximum atomic E-state index is 10.9. The quantitative estimate of drug-likeness (QED) is 0.796. The van der Waals surface area contributed by atoms with Gasteiger partial charge in [0.05, 0.1) is 5.92 Å². The topological polar surface area (TPSA) is 57.5 Å². The van der Waals surface area contributed by atoms with Crippen molar-refractivity contribution in [3.05, 3.63) is 29.8 Å². The van der Waals surface area contributed by atoms with Crippen molar-refractivity contribution in [2.24, 2.45) is 5.92 Å². The highest BCUT2D eigenvalue weighted by Crippen LogP contribution is 2.56. The zero-order chi connectivity index (χ0) is 11.1. The number of aliphatic carboxylic acids is 1. The molecule has 0 bridgehead atoms. The van der Waals surface area contributed by atoms with Crippen LogP contribution >= 0.6 is 0 Å². The highest BCUT2D eigenvalue weighted by Gasteiger charge is 2.58. The molecule has 3 nitrogen and oxygen atoms in total. The van der Waals surface area contributed by atoms with Gasteiger partial charge in [0, 0.05) is 5.41 Å². The third kappa shape index (κ3) is 1.48. The van der Waals surface area contributed by atoms with Crippen molar-refractivity contribution >= 4 is 5.97 Å². The molecule has 0 aromatic heterocycles. The highest BCUT2D eigenvalue weighted by atomic mass is 16.4. The smallest absolute Gasteiger partial charge is 0.307 e. The maximum Gasteiger partial charge on any atom is 0.307 e. The van der Waals surface area contributed by atoms with Crippen LogP contribution in [0, 0.1) is 5.92 Å². The van der Waals surface area contributed by atoms with Gasteiger partial charge in [0.15, 0.2) is 0 Å². The summed E-state index contributed by atoms with van der Waals surface area (Å²) < 4.78 is 0. The van der Waals surface area contributed by atoms with E-state index in [4.69, 9.17) is 5.11 Å². The Balaban J connectivity index is 2.30. The van der Waals surface area contributed by atoms with E-state index in [-0.39, 0.29) is 17.1 Å². The third-order valence-corrected chi connectivity index (χ3v) is 3.45. The fourth-order valence-corrected chi connectivity index (χ4v) is 2.34. The van der Waals surface area contributed by atoms with Gasteiger partial charge in [0.2, 0.25) is 0 Å². The van der Waals surface area contributed by atoms with Crippen molar-refractivity contribution < 1.29 is 15.0 Å². The molecule has 3 heteroatoms. The van der Waals surface area contributed by atoms with Crippen LogP contribution in [0.25, 0.3) is 0 Å². The molecular weight excluding hydrogens is 192 g/mol. The van der Waals surface area contributed by atoms with Gasteiger partial charge in [-0.15, -0.1) is 0 Å². The second-order valence-electron chi connectivity index (χ2n) is 4.15. The van der Waals surface area contributed by atoms with Gasteiger partial charge in [-0.2, -0.15) is 0 Å². The van der Waals surface area contributed by atoms with E-state index in [1.807, 2.05) is 19.1 Å². The van der Waals surface area contributed by atoms with E-state index in [1.165, 1.54) is 0 Å². The van der Waals surface area contributed by atoms with Gasteiger partial charge in [-0.3, -0.25) is 4.79 Å². The van der Waals surface area contributed by atoms with Crippen molar-refractivity contribution in [3.8, 4) is 5.75 Å². The van der Waals surface area contributed by atoms with Crippen molar-refractivity contribution in [2.75, 3.05) is 0 Å². The van der Waals surface area contributed by atoms with Gasteiger partial charge in [-0.05, 0) is 30.5 Å². The number of hydrogen-bond acceptors (Lipinski definition) is 2. The van der Waals surface area contributed by atoms with Gasteiger partial charge in [-0.1, -0.05) is 19.1 Å². The summed E-state index contributed by atoms with van der Waals surface area (Å²) in [6, 6.07) is 6.87. The van der Waals surface area contributed by atoms with Crippen LogP contribution in [0.15, 0.2) is 24.3 Å².